The molecule has 1 fully saturated rings. The van der Waals surface area contributed by atoms with Gasteiger partial charge in [0.05, 0.1) is 29.4 Å². The van der Waals surface area contributed by atoms with Crippen molar-refractivity contribution in [1.29, 1.82) is 0 Å². The molecule has 3 aromatic rings. The average molecular weight is 339 g/mol. The van der Waals surface area contributed by atoms with Crippen LogP contribution in [0.25, 0.3) is 10.9 Å². The van der Waals surface area contributed by atoms with Crippen LogP contribution < -0.4 is 5.32 Å². The van der Waals surface area contributed by atoms with Crippen molar-refractivity contribution >= 4 is 28.1 Å². The molecule has 1 aliphatic rings. The number of carbonyl (C=O) groups excluding carboxylic acids is 1. The van der Waals surface area contributed by atoms with Gasteiger partial charge in [-0.2, -0.15) is 0 Å². The number of nitrogens with one attached hydrogen (secondary N) is 1. The second kappa shape index (κ2) is 6.30. The van der Waals surface area contributed by atoms with Crippen LogP contribution in [-0.2, 0) is 0 Å². The van der Waals surface area contributed by atoms with Gasteiger partial charge in [-0.3, -0.25) is 14.8 Å². The molecule has 1 aromatic carbocycles. The lowest BCUT2D eigenvalue weighted by Crippen LogP contribution is -2.41. The van der Waals surface area contributed by atoms with Crippen molar-refractivity contribution in [3.05, 3.63) is 58.7 Å². The van der Waals surface area contributed by atoms with Crippen molar-refractivity contribution in [2.24, 2.45) is 5.92 Å². The minimum absolute atomic E-state index is 0.128. The highest BCUT2D eigenvalue weighted by atomic mass is 32.1. The van der Waals surface area contributed by atoms with E-state index in [1.54, 1.807) is 11.7 Å². The van der Waals surface area contributed by atoms with Crippen LogP contribution in [0.3, 0.4) is 0 Å². The van der Waals surface area contributed by atoms with Crippen molar-refractivity contribution in [3.8, 4) is 0 Å². The Morgan fingerprint density at radius 1 is 1.29 bits per heavy atom. The molecular formula is C18H17N3O2S. The number of para-hydroxylation sites is 1. The van der Waals surface area contributed by atoms with Crippen molar-refractivity contribution in [3.63, 3.8) is 0 Å². The summed E-state index contributed by atoms with van der Waals surface area (Å²) >= 11 is 1.32. The van der Waals surface area contributed by atoms with Crippen LogP contribution in [0.4, 0.5) is 0 Å². The summed E-state index contributed by atoms with van der Waals surface area (Å²) in [5, 5.41) is 13.8. The fraction of sp³-hybridized carbons (Fsp3) is 0.278. The van der Waals surface area contributed by atoms with E-state index in [-0.39, 0.29) is 24.0 Å². The molecule has 6 heteroatoms. The second-order valence-electron chi connectivity index (χ2n) is 6.16. The molecule has 0 unspecified atom stereocenters. The molecule has 0 bridgehead atoms. The first-order valence-corrected chi connectivity index (χ1v) is 8.81. The number of hydrogen-bond donors (Lipinski definition) is 2. The van der Waals surface area contributed by atoms with E-state index in [2.05, 4.69) is 21.4 Å². The molecule has 2 aromatic heterocycles. The van der Waals surface area contributed by atoms with Crippen LogP contribution in [0.2, 0.25) is 0 Å². The summed E-state index contributed by atoms with van der Waals surface area (Å²) in [5.41, 5.74) is 3.56. The summed E-state index contributed by atoms with van der Waals surface area (Å²) in [6, 6.07) is 9.84. The zero-order valence-electron chi connectivity index (χ0n) is 12.9. The number of carbonyl (C=O) groups is 1. The molecule has 2 heterocycles. The van der Waals surface area contributed by atoms with Crippen LogP contribution in [0, 0.1) is 5.92 Å². The number of amides is 1. The van der Waals surface area contributed by atoms with Gasteiger partial charge in [0.25, 0.3) is 5.91 Å². The molecule has 2 N–H and O–H groups in total. The number of thiazole rings is 1. The summed E-state index contributed by atoms with van der Waals surface area (Å²) in [6.07, 6.45) is 4.52. The third-order valence-electron chi connectivity index (χ3n) is 4.53. The molecule has 1 aliphatic carbocycles. The molecular weight excluding hydrogens is 322 g/mol. The lowest BCUT2D eigenvalue weighted by Gasteiger charge is -2.38. The fourth-order valence-corrected chi connectivity index (χ4v) is 3.70. The first-order chi connectivity index (χ1) is 11.7. The Kier molecular flexibility index (Phi) is 4.00. The zero-order valence-corrected chi connectivity index (χ0v) is 13.7. The molecule has 0 radical (unpaired) electrons. The second-order valence-corrected chi connectivity index (χ2v) is 7.05. The number of aromatic nitrogens is 2. The number of rotatable bonds is 4. The van der Waals surface area contributed by atoms with E-state index in [0.717, 1.165) is 16.5 Å². The highest BCUT2D eigenvalue weighted by Crippen LogP contribution is 2.38. The quantitative estimate of drug-likeness (QED) is 0.766. The molecule has 0 aliphatic heterocycles. The highest BCUT2D eigenvalue weighted by Gasteiger charge is 2.36. The van der Waals surface area contributed by atoms with Gasteiger partial charge in [-0.05, 0) is 36.5 Å². The Hall–Kier alpha value is -2.31. The Bertz CT molecular complexity index is 860. The molecule has 1 atom stereocenters. The van der Waals surface area contributed by atoms with Crippen LogP contribution in [0.15, 0.2) is 48.2 Å². The van der Waals surface area contributed by atoms with Gasteiger partial charge in [0, 0.05) is 11.6 Å². The molecule has 24 heavy (non-hydrogen) atoms. The number of aliphatic hydroxyl groups is 1. The van der Waals surface area contributed by atoms with E-state index in [1.807, 2.05) is 30.5 Å². The minimum atomic E-state index is -0.272. The highest BCUT2D eigenvalue weighted by molar-refractivity contribution is 7.11. The monoisotopic (exact) mass is 339 g/mol. The molecule has 5 nitrogen and oxygen atoms in total. The van der Waals surface area contributed by atoms with Gasteiger partial charge in [-0.15, -0.1) is 11.3 Å². The molecule has 1 amide bonds. The molecule has 4 rings (SSSR count). The van der Waals surface area contributed by atoms with Gasteiger partial charge < -0.3 is 10.4 Å². The van der Waals surface area contributed by atoms with Gasteiger partial charge in [-0.25, -0.2) is 0 Å². The van der Waals surface area contributed by atoms with Crippen molar-refractivity contribution in [2.75, 3.05) is 0 Å². The van der Waals surface area contributed by atoms with Crippen molar-refractivity contribution in [1.82, 2.24) is 15.3 Å². The molecule has 122 valence electrons. The van der Waals surface area contributed by atoms with Gasteiger partial charge in [0.1, 0.15) is 4.88 Å². The Labute approximate surface area is 143 Å². The normalized spacial score (nSPS) is 21.2. The third kappa shape index (κ3) is 2.90. The van der Waals surface area contributed by atoms with E-state index < -0.39 is 0 Å². The number of aliphatic hydroxyl groups excluding tert-OH is 1. The first kappa shape index (κ1) is 15.2. The predicted octanol–water partition coefficient (Wildman–Crippen LogP) is 2.93. The maximum atomic E-state index is 12.5. The minimum Gasteiger partial charge on any atom is -0.393 e. The summed E-state index contributed by atoms with van der Waals surface area (Å²) < 4.78 is 0. The lowest BCUT2D eigenvalue weighted by atomic mass is 9.75. The average Bonchev–Trinajstić information content (AvgIpc) is 3.11. The Morgan fingerprint density at radius 2 is 2.12 bits per heavy atom. The predicted molar refractivity (Wildman–Crippen MR) is 92.8 cm³/mol. The number of pyridine rings is 1. The number of nitrogens with zero attached hydrogens (tertiary/aromatic N) is 2. The van der Waals surface area contributed by atoms with Crippen molar-refractivity contribution < 1.29 is 9.90 Å². The standard InChI is InChI=1S/C18H17N3O2S/c22-14-6-12(7-14)17(21-18(23)16-9-19-10-24-16)13-5-11-3-1-2-4-15(11)20-8-13/h1-5,8-10,12,14,17,22H,6-7H2,(H,21,23)/t12?,14?,17-/m1/s1. The van der Waals surface area contributed by atoms with Gasteiger partial charge >= 0.3 is 0 Å². The number of benzene rings is 1. The fourth-order valence-electron chi connectivity index (χ4n) is 3.17. The van der Waals surface area contributed by atoms with E-state index in [0.29, 0.717) is 17.7 Å². The van der Waals surface area contributed by atoms with Gasteiger partial charge in [-0.1, -0.05) is 18.2 Å². The SMILES string of the molecule is O=C(N[C@@H](c1cnc2ccccc2c1)C1CC(O)C1)c1cncs1. The van der Waals surface area contributed by atoms with Crippen LogP contribution in [0.5, 0.6) is 0 Å². The summed E-state index contributed by atoms with van der Waals surface area (Å²) in [6.45, 7) is 0. The lowest BCUT2D eigenvalue weighted by molar-refractivity contribution is 0.0235. The van der Waals surface area contributed by atoms with E-state index in [1.165, 1.54) is 11.3 Å². The van der Waals surface area contributed by atoms with Crippen molar-refractivity contribution in [2.45, 2.75) is 25.0 Å². The molecule has 0 saturated heterocycles. The number of fused-ring (bicyclic) bond motifs is 1. The first-order valence-electron chi connectivity index (χ1n) is 7.93. The number of hydrogen-bond acceptors (Lipinski definition) is 5. The summed E-state index contributed by atoms with van der Waals surface area (Å²) in [7, 11) is 0. The maximum Gasteiger partial charge on any atom is 0.263 e. The van der Waals surface area contributed by atoms with E-state index >= 15 is 0 Å². The summed E-state index contributed by atoms with van der Waals surface area (Å²) in [5.74, 6) is 0.0943. The molecule has 0 spiro atoms. The smallest absolute Gasteiger partial charge is 0.263 e. The van der Waals surface area contributed by atoms with E-state index in [4.69, 9.17) is 0 Å². The van der Waals surface area contributed by atoms with Crippen LogP contribution >= 0.6 is 11.3 Å². The Balaban J connectivity index is 1.65. The zero-order chi connectivity index (χ0) is 16.5. The largest absolute Gasteiger partial charge is 0.393 e. The van der Waals surface area contributed by atoms with Gasteiger partial charge in [0.2, 0.25) is 0 Å². The molecule has 1 saturated carbocycles. The third-order valence-corrected chi connectivity index (χ3v) is 5.31. The maximum absolute atomic E-state index is 12.5. The summed E-state index contributed by atoms with van der Waals surface area (Å²) in [4.78, 5) is 21.5. The van der Waals surface area contributed by atoms with Gasteiger partial charge in [0.15, 0.2) is 0 Å². The van der Waals surface area contributed by atoms with E-state index in [9.17, 15) is 9.90 Å². The topological polar surface area (TPSA) is 75.1 Å². The van der Waals surface area contributed by atoms with Crippen LogP contribution in [0.1, 0.15) is 34.1 Å². The Morgan fingerprint density at radius 3 is 2.88 bits per heavy atom. The van der Waals surface area contributed by atoms with Crippen LogP contribution in [-0.4, -0.2) is 27.1 Å².